The Labute approximate surface area is 117 Å². The Morgan fingerprint density at radius 3 is 2.84 bits per heavy atom. The van der Waals surface area contributed by atoms with Crippen LogP contribution in [0, 0.1) is 0 Å². The van der Waals surface area contributed by atoms with Gasteiger partial charge in [-0.3, -0.25) is 14.2 Å². The summed E-state index contributed by atoms with van der Waals surface area (Å²) < 4.78 is 27.1. The van der Waals surface area contributed by atoms with Gasteiger partial charge in [0.05, 0.1) is 17.6 Å². The molecule has 2 N–H and O–H groups in total. The molecule has 19 heavy (non-hydrogen) atoms. The largest absolute Gasteiger partial charge is 0.358 e. The smallest absolute Gasteiger partial charge is 0.241 e. The van der Waals surface area contributed by atoms with Gasteiger partial charge in [-0.2, -0.15) is 5.10 Å². The molecule has 1 amide bonds. The van der Waals surface area contributed by atoms with Gasteiger partial charge in [-0.1, -0.05) is 0 Å². The minimum atomic E-state index is -3.39. The van der Waals surface area contributed by atoms with Crippen LogP contribution in [-0.4, -0.2) is 42.8 Å². The summed E-state index contributed by atoms with van der Waals surface area (Å²) in [5.41, 5.74) is 0.342. The van der Waals surface area contributed by atoms with Crippen molar-refractivity contribution in [2.24, 2.45) is 0 Å². The molecule has 1 aromatic rings. The maximum atomic E-state index is 11.7. The van der Waals surface area contributed by atoms with Crippen molar-refractivity contribution in [3.05, 3.63) is 12.4 Å². The Bertz CT molecular complexity index is 515. The van der Waals surface area contributed by atoms with Gasteiger partial charge < -0.3 is 5.32 Å². The van der Waals surface area contributed by atoms with Gasteiger partial charge in [-0.15, -0.1) is 11.6 Å². The topological polar surface area (TPSA) is 93.1 Å². The summed E-state index contributed by atoms with van der Waals surface area (Å²) in [5.74, 6) is 0.250. The summed E-state index contributed by atoms with van der Waals surface area (Å²) >= 11 is 5.49. The van der Waals surface area contributed by atoms with E-state index in [9.17, 15) is 13.2 Å². The maximum Gasteiger partial charge on any atom is 0.241 e. The van der Waals surface area contributed by atoms with Gasteiger partial charge in [-0.05, 0) is 12.8 Å². The molecule has 0 atom stereocenters. The molecule has 1 heterocycles. The first-order valence-electron chi connectivity index (χ1n) is 5.76. The molecule has 0 bridgehead atoms. The van der Waals surface area contributed by atoms with Crippen LogP contribution < -0.4 is 10.0 Å². The molecule has 0 aromatic carbocycles. The molecule has 9 heteroatoms. The Morgan fingerprint density at radius 1 is 1.47 bits per heavy atom. The second kappa shape index (κ2) is 7.34. The molecule has 7 nitrogen and oxygen atoms in total. The first-order chi connectivity index (χ1) is 8.96. The normalized spacial score (nSPS) is 11.3. The summed E-state index contributed by atoms with van der Waals surface area (Å²) in [6, 6.07) is 0. The number of aromatic nitrogens is 2. The summed E-state index contributed by atoms with van der Waals surface area (Å²) in [6.07, 6.45) is 3.99. The van der Waals surface area contributed by atoms with E-state index >= 15 is 0 Å². The van der Waals surface area contributed by atoms with Gasteiger partial charge in [0, 0.05) is 19.1 Å². The number of hydrogen-bond donors (Lipinski definition) is 2. The van der Waals surface area contributed by atoms with E-state index in [0.717, 1.165) is 0 Å². The first kappa shape index (κ1) is 15.8. The van der Waals surface area contributed by atoms with Gasteiger partial charge >= 0.3 is 0 Å². The fraction of sp³-hybridized carbons (Fsp3) is 0.600. The van der Waals surface area contributed by atoms with Crippen LogP contribution in [0.1, 0.15) is 12.8 Å². The molecular formula is C10H17ClN4O3S. The average Bonchev–Trinajstić information content (AvgIpc) is 2.75. The number of halogens is 1. The average molecular weight is 309 g/mol. The lowest BCUT2D eigenvalue weighted by molar-refractivity contribution is -0.121. The molecule has 0 fully saturated rings. The van der Waals surface area contributed by atoms with Crippen molar-refractivity contribution in [2.45, 2.75) is 19.4 Å². The van der Waals surface area contributed by atoms with Crippen molar-refractivity contribution in [2.75, 3.05) is 23.4 Å². The van der Waals surface area contributed by atoms with Crippen molar-refractivity contribution in [3.63, 3.8) is 0 Å². The maximum absolute atomic E-state index is 11.7. The van der Waals surface area contributed by atoms with E-state index in [1.54, 1.807) is 0 Å². The SMILES string of the molecule is CNC(=O)Cn1cc(NS(=O)(=O)CCCCCl)cn1. The van der Waals surface area contributed by atoms with E-state index in [4.69, 9.17) is 11.6 Å². The Kier molecular flexibility index (Phi) is 6.10. The molecule has 0 aliphatic heterocycles. The highest BCUT2D eigenvalue weighted by Crippen LogP contribution is 2.09. The molecule has 0 unspecified atom stereocenters. The number of rotatable bonds is 8. The van der Waals surface area contributed by atoms with E-state index < -0.39 is 10.0 Å². The number of likely N-dealkylation sites (N-methyl/N-ethyl adjacent to an activating group) is 1. The molecular weight excluding hydrogens is 292 g/mol. The lowest BCUT2D eigenvalue weighted by atomic mass is 10.4. The highest BCUT2D eigenvalue weighted by Gasteiger charge is 2.11. The number of carbonyl (C=O) groups excluding carboxylic acids is 1. The molecule has 108 valence electrons. The number of alkyl halides is 1. The van der Waals surface area contributed by atoms with Crippen LogP contribution in [0.3, 0.4) is 0 Å². The summed E-state index contributed by atoms with van der Waals surface area (Å²) in [5, 5.41) is 6.35. The minimum Gasteiger partial charge on any atom is -0.358 e. The zero-order chi connectivity index (χ0) is 14.3. The van der Waals surface area contributed by atoms with Crippen LogP contribution in [-0.2, 0) is 21.4 Å². The number of nitrogens with zero attached hydrogens (tertiary/aromatic N) is 2. The molecule has 0 saturated carbocycles. The zero-order valence-corrected chi connectivity index (χ0v) is 12.2. The summed E-state index contributed by atoms with van der Waals surface area (Å²) in [7, 11) is -1.87. The minimum absolute atomic E-state index is 0.0142. The molecule has 0 spiro atoms. The highest BCUT2D eigenvalue weighted by molar-refractivity contribution is 7.92. The van der Waals surface area contributed by atoms with Crippen LogP contribution >= 0.6 is 11.6 Å². The third kappa shape index (κ3) is 5.93. The summed E-state index contributed by atoms with van der Waals surface area (Å²) in [4.78, 5) is 11.1. The van der Waals surface area contributed by atoms with Crippen LogP contribution in [0.2, 0.25) is 0 Å². The summed E-state index contributed by atoms with van der Waals surface area (Å²) in [6.45, 7) is 0.0461. The van der Waals surface area contributed by atoms with Crippen molar-refractivity contribution in [1.82, 2.24) is 15.1 Å². The number of nitrogens with one attached hydrogen (secondary N) is 2. The van der Waals surface area contributed by atoms with Gasteiger partial charge in [-0.25, -0.2) is 8.42 Å². The van der Waals surface area contributed by atoms with E-state index in [1.165, 1.54) is 24.1 Å². The number of hydrogen-bond acceptors (Lipinski definition) is 4. The van der Waals surface area contributed by atoms with Crippen LogP contribution in [0.25, 0.3) is 0 Å². The van der Waals surface area contributed by atoms with E-state index in [-0.39, 0.29) is 18.2 Å². The van der Waals surface area contributed by atoms with Crippen LogP contribution in [0.4, 0.5) is 5.69 Å². The fourth-order valence-electron chi connectivity index (χ4n) is 1.35. The molecule has 0 aliphatic rings. The first-order valence-corrected chi connectivity index (χ1v) is 7.95. The predicted octanol–water partition coefficient (Wildman–Crippen LogP) is 0.390. The Morgan fingerprint density at radius 2 is 2.21 bits per heavy atom. The van der Waals surface area contributed by atoms with Gasteiger partial charge in [0.2, 0.25) is 15.9 Å². The molecule has 1 aromatic heterocycles. The lowest BCUT2D eigenvalue weighted by Gasteiger charge is -2.04. The van der Waals surface area contributed by atoms with Crippen LogP contribution in [0.5, 0.6) is 0 Å². The van der Waals surface area contributed by atoms with Crippen molar-refractivity contribution in [1.29, 1.82) is 0 Å². The lowest BCUT2D eigenvalue weighted by Crippen LogP contribution is -2.23. The fourth-order valence-corrected chi connectivity index (χ4v) is 2.69. The van der Waals surface area contributed by atoms with E-state index in [1.807, 2.05) is 0 Å². The highest BCUT2D eigenvalue weighted by atomic mass is 35.5. The van der Waals surface area contributed by atoms with Crippen molar-refractivity contribution < 1.29 is 13.2 Å². The van der Waals surface area contributed by atoms with E-state index in [2.05, 4.69) is 15.1 Å². The standard InChI is InChI=1S/C10H17ClN4O3S/c1-12-10(16)8-15-7-9(6-13-15)14-19(17,18)5-3-2-4-11/h6-7,14H,2-5,8H2,1H3,(H,12,16). The molecule has 0 radical (unpaired) electrons. The molecule has 0 saturated heterocycles. The number of anilines is 1. The van der Waals surface area contributed by atoms with Gasteiger partial charge in [0.15, 0.2) is 0 Å². The molecule has 1 rings (SSSR count). The Hall–Kier alpha value is -1.28. The molecule has 0 aliphatic carbocycles. The number of sulfonamides is 1. The third-order valence-corrected chi connectivity index (χ3v) is 3.93. The predicted molar refractivity (Wildman–Crippen MR) is 73.7 cm³/mol. The Balaban J connectivity index is 2.55. The van der Waals surface area contributed by atoms with Crippen molar-refractivity contribution >= 4 is 33.2 Å². The van der Waals surface area contributed by atoms with E-state index in [0.29, 0.717) is 24.4 Å². The zero-order valence-electron chi connectivity index (χ0n) is 10.6. The second-order valence-corrected chi connectivity index (χ2v) is 6.14. The second-order valence-electron chi connectivity index (χ2n) is 3.92. The van der Waals surface area contributed by atoms with Crippen LogP contribution in [0.15, 0.2) is 12.4 Å². The van der Waals surface area contributed by atoms with Crippen molar-refractivity contribution in [3.8, 4) is 0 Å². The number of unbranched alkanes of at least 4 members (excludes halogenated alkanes) is 1. The van der Waals surface area contributed by atoms with Gasteiger partial charge in [0.1, 0.15) is 6.54 Å². The monoisotopic (exact) mass is 308 g/mol. The van der Waals surface area contributed by atoms with Gasteiger partial charge in [0.25, 0.3) is 0 Å². The third-order valence-electron chi connectivity index (χ3n) is 2.29. The quantitative estimate of drug-likeness (QED) is 0.536. The number of amides is 1. The number of carbonyl (C=O) groups is 1.